The summed E-state index contributed by atoms with van der Waals surface area (Å²) in [5.41, 5.74) is 2.10. The zero-order chi connectivity index (χ0) is 18.4. The molecule has 1 aliphatic heterocycles. The number of likely N-dealkylation sites (tertiary alicyclic amines) is 1. The quantitative estimate of drug-likeness (QED) is 0.838. The monoisotopic (exact) mass is 351 g/mol. The fraction of sp³-hybridized carbons (Fsp3) is 0.333. The van der Waals surface area contributed by atoms with Crippen LogP contribution in [-0.4, -0.2) is 43.4 Å². The Morgan fingerprint density at radius 1 is 1.08 bits per heavy atom. The van der Waals surface area contributed by atoms with Crippen molar-refractivity contribution in [3.05, 3.63) is 71.8 Å². The molecule has 2 aromatic carbocycles. The highest BCUT2D eigenvalue weighted by molar-refractivity contribution is 5.89. The number of amides is 2. The van der Waals surface area contributed by atoms with Gasteiger partial charge in [-0.3, -0.25) is 14.5 Å². The average Bonchev–Trinajstić information content (AvgIpc) is 3.15. The van der Waals surface area contributed by atoms with Gasteiger partial charge in [0, 0.05) is 13.6 Å². The van der Waals surface area contributed by atoms with Crippen LogP contribution in [0, 0.1) is 0 Å². The first-order valence-corrected chi connectivity index (χ1v) is 9.00. The average molecular weight is 351 g/mol. The molecule has 2 unspecified atom stereocenters. The second kappa shape index (κ2) is 8.63. The van der Waals surface area contributed by atoms with Crippen molar-refractivity contribution in [2.24, 2.45) is 0 Å². The molecule has 3 rings (SSSR count). The SMILES string of the molecule is CNC(=O)C(NC(=O)CN1CCC(c2ccccc2)C1)c1ccccc1. The minimum absolute atomic E-state index is 0.129. The van der Waals surface area contributed by atoms with Crippen LogP contribution in [-0.2, 0) is 9.59 Å². The minimum atomic E-state index is -0.666. The summed E-state index contributed by atoms with van der Waals surface area (Å²) < 4.78 is 0. The lowest BCUT2D eigenvalue weighted by molar-refractivity contribution is -0.129. The summed E-state index contributed by atoms with van der Waals surface area (Å²) in [6, 6.07) is 19.1. The van der Waals surface area contributed by atoms with E-state index in [1.165, 1.54) is 5.56 Å². The summed E-state index contributed by atoms with van der Waals surface area (Å²) in [5.74, 6) is 0.122. The van der Waals surface area contributed by atoms with Crippen molar-refractivity contribution >= 4 is 11.8 Å². The molecule has 2 atom stereocenters. The normalized spacial score (nSPS) is 18.3. The predicted octanol–water partition coefficient (Wildman–Crippen LogP) is 2.08. The topological polar surface area (TPSA) is 61.4 Å². The van der Waals surface area contributed by atoms with Crippen molar-refractivity contribution in [3.63, 3.8) is 0 Å². The standard InChI is InChI=1S/C21H25N3O2/c1-22-21(26)20(17-10-6-3-7-11-17)23-19(25)15-24-13-12-18(14-24)16-8-4-2-5-9-16/h2-11,18,20H,12-15H2,1H3,(H,22,26)(H,23,25). The van der Waals surface area contributed by atoms with Gasteiger partial charge in [0.2, 0.25) is 11.8 Å². The number of carbonyl (C=O) groups is 2. The lowest BCUT2D eigenvalue weighted by atomic mass is 9.99. The number of likely N-dealkylation sites (N-methyl/N-ethyl adjacent to an activating group) is 1. The van der Waals surface area contributed by atoms with Crippen LogP contribution in [0.25, 0.3) is 0 Å². The van der Waals surface area contributed by atoms with E-state index < -0.39 is 6.04 Å². The molecule has 1 heterocycles. The van der Waals surface area contributed by atoms with E-state index in [-0.39, 0.29) is 11.8 Å². The molecular formula is C21H25N3O2. The molecule has 0 bridgehead atoms. The number of benzene rings is 2. The van der Waals surface area contributed by atoms with Crippen LogP contribution in [0.5, 0.6) is 0 Å². The van der Waals surface area contributed by atoms with Gasteiger partial charge >= 0.3 is 0 Å². The molecule has 0 spiro atoms. The van der Waals surface area contributed by atoms with Crippen molar-refractivity contribution < 1.29 is 9.59 Å². The molecule has 0 aromatic heterocycles. The van der Waals surface area contributed by atoms with Gasteiger partial charge in [-0.05, 0) is 30.0 Å². The van der Waals surface area contributed by atoms with Crippen molar-refractivity contribution in [3.8, 4) is 0 Å². The molecule has 0 aliphatic carbocycles. The summed E-state index contributed by atoms with van der Waals surface area (Å²) in [7, 11) is 1.58. The highest BCUT2D eigenvalue weighted by Crippen LogP contribution is 2.26. The van der Waals surface area contributed by atoms with Crippen LogP contribution < -0.4 is 10.6 Å². The van der Waals surface area contributed by atoms with Crippen LogP contribution in [0.3, 0.4) is 0 Å². The predicted molar refractivity (Wildman–Crippen MR) is 102 cm³/mol. The van der Waals surface area contributed by atoms with Crippen molar-refractivity contribution in [2.45, 2.75) is 18.4 Å². The summed E-state index contributed by atoms with van der Waals surface area (Å²) in [6.45, 7) is 2.07. The third kappa shape index (κ3) is 4.49. The molecule has 1 fully saturated rings. The Bertz CT molecular complexity index is 733. The van der Waals surface area contributed by atoms with Gasteiger partial charge in [0.25, 0.3) is 0 Å². The highest BCUT2D eigenvalue weighted by atomic mass is 16.2. The molecule has 136 valence electrons. The van der Waals surface area contributed by atoms with E-state index in [1.807, 2.05) is 36.4 Å². The van der Waals surface area contributed by atoms with Crippen molar-refractivity contribution in [1.82, 2.24) is 15.5 Å². The summed E-state index contributed by atoms with van der Waals surface area (Å²) in [5, 5.41) is 5.50. The molecule has 2 amide bonds. The Kier molecular flexibility index (Phi) is 6.02. The van der Waals surface area contributed by atoms with Gasteiger partial charge in [-0.1, -0.05) is 60.7 Å². The summed E-state index contributed by atoms with van der Waals surface area (Å²) in [4.78, 5) is 26.8. The largest absolute Gasteiger partial charge is 0.357 e. The first-order chi connectivity index (χ1) is 12.7. The van der Waals surface area contributed by atoms with E-state index in [2.05, 4.69) is 39.8 Å². The van der Waals surface area contributed by atoms with Crippen LogP contribution in [0.4, 0.5) is 0 Å². The Morgan fingerprint density at radius 3 is 2.38 bits per heavy atom. The molecule has 0 saturated carbocycles. The Morgan fingerprint density at radius 2 is 1.73 bits per heavy atom. The van der Waals surface area contributed by atoms with Crippen LogP contribution in [0.2, 0.25) is 0 Å². The van der Waals surface area contributed by atoms with E-state index in [0.29, 0.717) is 12.5 Å². The second-order valence-electron chi connectivity index (χ2n) is 6.66. The molecule has 5 heteroatoms. The molecule has 5 nitrogen and oxygen atoms in total. The highest BCUT2D eigenvalue weighted by Gasteiger charge is 2.27. The number of hydrogen-bond donors (Lipinski definition) is 2. The maximum atomic E-state index is 12.5. The lowest BCUT2D eigenvalue weighted by Crippen LogP contribution is -2.43. The van der Waals surface area contributed by atoms with E-state index in [4.69, 9.17) is 0 Å². The molecule has 26 heavy (non-hydrogen) atoms. The zero-order valence-corrected chi connectivity index (χ0v) is 15.0. The number of carbonyl (C=O) groups excluding carboxylic acids is 2. The fourth-order valence-electron chi connectivity index (χ4n) is 3.47. The fourth-order valence-corrected chi connectivity index (χ4v) is 3.47. The van der Waals surface area contributed by atoms with E-state index in [0.717, 1.165) is 25.1 Å². The Labute approximate surface area is 154 Å². The molecule has 1 saturated heterocycles. The maximum Gasteiger partial charge on any atom is 0.246 e. The molecule has 2 aromatic rings. The maximum absolute atomic E-state index is 12.5. The Balaban J connectivity index is 1.58. The van der Waals surface area contributed by atoms with Gasteiger partial charge in [0.1, 0.15) is 6.04 Å². The number of nitrogens with zero attached hydrogens (tertiary/aromatic N) is 1. The summed E-state index contributed by atoms with van der Waals surface area (Å²) >= 11 is 0. The zero-order valence-electron chi connectivity index (χ0n) is 15.0. The third-order valence-electron chi connectivity index (χ3n) is 4.86. The minimum Gasteiger partial charge on any atom is -0.357 e. The number of rotatable bonds is 6. The molecule has 2 N–H and O–H groups in total. The first-order valence-electron chi connectivity index (χ1n) is 9.00. The van der Waals surface area contributed by atoms with Crippen molar-refractivity contribution in [1.29, 1.82) is 0 Å². The summed E-state index contributed by atoms with van der Waals surface area (Å²) in [6.07, 6.45) is 1.05. The van der Waals surface area contributed by atoms with Crippen LogP contribution in [0.1, 0.15) is 29.5 Å². The number of hydrogen-bond acceptors (Lipinski definition) is 3. The van der Waals surface area contributed by atoms with Gasteiger partial charge in [-0.25, -0.2) is 0 Å². The number of nitrogens with one attached hydrogen (secondary N) is 2. The van der Waals surface area contributed by atoms with E-state index in [9.17, 15) is 9.59 Å². The molecule has 1 aliphatic rings. The van der Waals surface area contributed by atoms with Gasteiger partial charge in [-0.2, -0.15) is 0 Å². The van der Waals surface area contributed by atoms with Crippen LogP contribution in [0.15, 0.2) is 60.7 Å². The Hall–Kier alpha value is -2.66. The first kappa shape index (κ1) is 18.1. The van der Waals surface area contributed by atoms with Gasteiger partial charge in [0.15, 0.2) is 0 Å². The van der Waals surface area contributed by atoms with E-state index >= 15 is 0 Å². The van der Waals surface area contributed by atoms with Gasteiger partial charge in [-0.15, -0.1) is 0 Å². The third-order valence-corrected chi connectivity index (χ3v) is 4.86. The second-order valence-corrected chi connectivity index (χ2v) is 6.66. The van der Waals surface area contributed by atoms with Crippen LogP contribution >= 0.6 is 0 Å². The molecule has 0 radical (unpaired) electrons. The smallest absolute Gasteiger partial charge is 0.246 e. The van der Waals surface area contributed by atoms with Gasteiger partial charge in [0.05, 0.1) is 6.54 Å². The van der Waals surface area contributed by atoms with Crippen molar-refractivity contribution in [2.75, 3.05) is 26.7 Å². The van der Waals surface area contributed by atoms with Gasteiger partial charge < -0.3 is 10.6 Å². The van der Waals surface area contributed by atoms with E-state index in [1.54, 1.807) is 7.05 Å². The molecular weight excluding hydrogens is 326 g/mol. The lowest BCUT2D eigenvalue weighted by Gasteiger charge is -2.20.